The normalized spacial score (nSPS) is 10.2. The van der Waals surface area contributed by atoms with Crippen LogP contribution >= 0.6 is 34.4 Å². The summed E-state index contributed by atoms with van der Waals surface area (Å²) in [5.41, 5.74) is 2.14. The summed E-state index contributed by atoms with van der Waals surface area (Å²) < 4.78 is 1.17. The topological polar surface area (TPSA) is 25.8 Å². The Morgan fingerprint density at radius 3 is 2.00 bits per heavy atom. The van der Waals surface area contributed by atoms with Gasteiger partial charge in [0.15, 0.2) is 5.16 Å². The van der Waals surface area contributed by atoms with Crippen LogP contribution in [0.25, 0.3) is 0 Å². The number of aryl methyl sites for hydroxylation is 2. The molecule has 0 fully saturated rings. The smallest absolute Gasteiger partial charge is 0.187 e. The third-order valence-electron chi connectivity index (χ3n) is 1.34. The van der Waals surface area contributed by atoms with Gasteiger partial charge in [0.1, 0.15) is 0 Å². The van der Waals surface area contributed by atoms with E-state index in [1.54, 1.807) is 11.8 Å². The number of hydrogen-bond acceptors (Lipinski definition) is 3. The summed E-state index contributed by atoms with van der Waals surface area (Å²) in [7, 11) is 0. The summed E-state index contributed by atoms with van der Waals surface area (Å²) in [5.74, 6) is 0. The van der Waals surface area contributed by atoms with Crippen LogP contribution in [0, 0.1) is 17.4 Å². The summed E-state index contributed by atoms with van der Waals surface area (Å²) in [5, 5.41) is 0.861. The van der Waals surface area contributed by atoms with Crippen molar-refractivity contribution in [3.63, 3.8) is 0 Å². The Kier molecular flexibility index (Phi) is 3.12. The van der Waals surface area contributed by atoms with E-state index in [4.69, 9.17) is 0 Å². The van der Waals surface area contributed by atoms with Crippen molar-refractivity contribution in [2.45, 2.75) is 19.0 Å². The lowest BCUT2D eigenvalue weighted by Crippen LogP contribution is -1.97. The minimum absolute atomic E-state index is 0.861. The number of hydrogen-bond donors (Lipinski definition) is 0. The second-order valence-corrected chi connectivity index (χ2v) is 4.05. The van der Waals surface area contributed by atoms with Crippen molar-refractivity contribution in [1.82, 2.24) is 9.97 Å². The minimum Gasteiger partial charge on any atom is -0.227 e. The largest absolute Gasteiger partial charge is 0.227 e. The van der Waals surface area contributed by atoms with Gasteiger partial charge in [-0.1, -0.05) is 11.8 Å². The molecule has 4 heteroatoms. The van der Waals surface area contributed by atoms with Crippen molar-refractivity contribution < 1.29 is 0 Å². The molecule has 60 valence electrons. The second kappa shape index (κ2) is 3.71. The highest BCUT2D eigenvalue weighted by molar-refractivity contribution is 14.1. The summed E-state index contributed by atoms with van der Waals surface area (Å²) in [6.45, 7) is 4.02. The van der Waals surface area contributed by atoms with Crippen molar-refractivity contribution in [3.8, 4) is 0 Å². The van der Waals surface area contributed by atoms with Crippen LogP contribution in [0.3, 0.4) is 0 Å². The summed E-state index contributed by atoms with van der Waals surface area (Å²) >= 11 is 3.85. The molecule has 0 aliphatic carbocycles. The zero-order valence-corrected chi connectivity index (χ0v) is 9.65. The van der Waals surface area contributed by atoms with E-state index in [-0.39, 0.29) is 0 Å². The third-order valence-corrected chi connectivity index (χ3v) is 3.45. The average molecular weight is 280 g/mol. The molecular weight excluding hydrogens is 271 g/mol. The first-order valence-electron chi connectivity index (χ1n) is 3.20. The van der Waals surface area contributed by atoms with Gasteiger partial charge in [0.2, 0.25) is 0 Å². The summed E-state index contributed by atoms with van der Waals surface area (Å²) in [6.07, 6.45) is 1.99. The van der Waals surface area contributed by atoms with Crippen molar-refractivity contribution in [2.75, 3.05) is 6.26 Å². The second-order valence-electron chi connectivity index (χ2n) is 2.20. The van der Waals surface area contributed by atoms with E-state index in [1.165, 1.54) is 3.57 Å². The predicted molar refractivity (Wildman–Crippen MR) is 56.0 cm³/mol. The van der Waals surface area contributed by atoms with E-state index < -0.39 is 0 Å². The first-order valence-corrected chi connectivity index (χ1v) is 5.50. The van der Waals surface area contributed by atoms with Crippen LogP contribution in [0.1, 0.15) is 11.4 Å². The van der Waals surface area contributed by atoms with Gasteiger partial charge in [-0.15, -0.1) is 0 Å². The van der Waals surface area contributed by atoms with E-state index >= 15 is 0 Å². The molecule has 0 aromatic carbocycles. The molecule has 0 bridgehead atoms. The molecular formula is C7H9IN2S. The fourth-order valence-corrected chi connectivity index (χ4v) is 1.46. The van der Waals surface area contributed by atoms with E-state index in [0.717, 1.165) is 16.5 Å². The van der Waals surface area contributed by atoms with Gasteiger partial charge in [-0.25, -0.2) is 9.97 Å². The minimum atomic E-state index is 0.861. The van der Waals surface area contributed by atoms with Gasteiger partial charge >= 0.3 is 0 Å². The first kappa shape index (κ1) is 9.25. The Morgan fingerprint density at radius 1 is 1.18 bits per heavy atom. The molecule has 0 atom stereocenters. The molecule has 0 radical (unpaired) electrons. The van der Waals surface area contributed by atoms with Gasteiger partial charge in [0.25, 0.3) is 0 Å². The van der Waals surface area contributed by atoms with Crippen LogP contribution in [-0.2, 0) is 0 Å². The maximum absolute atomic E-state index is 4.30. The quantitative estimate of drug-likeness (QED) is 0.449. The number of aromatic nitrogens is 2. The van der Waals surface area contributed by atoms with Crippen LogP contribution in [0.15, 0.2) is 5.16 Å². The number of halogens is 1. The van der Waals surface area contributed by atoms with Crippen molar-refractivity contribution in [1.29, 1.82) is 0 Å². The van der Waals surface area contributed by atoms with Crippen LogP contribution in [0.2, 0.25) is 0 Å². The standard InChI is InChI=1S/C7H9IN2S/c1-4-6(8)5(2)10-7(9-4)11-3/h1-3H3. The Hall–Kier alpha value is 0.160. The summed E-state index contributed by atoms with van der Waals surface area (Å²) in [4.78, 5) is 8.59. The molecule has 11 heavy (non-hydrogen) atoms. The Labute approximate surface area is 84.4 Å². The van der Waals surface area contributed by atoms with Crippen LogP contribution < -0.4 is 0 Å². The van der Waals surface area contributed by atoms with E-state index in [1.807, 2.05) is 20.1 Å². The van der Waals surface area contributed by atoms with Crippen LogP contribution in [0.4, 0.5) is 0 Å². The van der Waals surface area contributed by atoms with Crippen molar-refractivity contribution >= 4 is 34.4 Å². The Balaban J connectivity index is 3.21. The van der Waals surface area contributed by atoms with Gasteiger partial charge < -0.3 is 0 Å². The van der Waals surface area contributed by atoms with Crippen molar-refractivity contribution in [2.24, 2.45) is 0 Å². The van der Waals surface area contributed by atoms with Crippen molar-refractivity contribution in [3.05, 3.63) is 15.0 Å². The zero-order valence-electron chi connectivity index (χ0n) is 6.68. The summed E-state index contributed by atoms with van der Waals surface area (Å²) in [6, 6.07) is 0. The Bertz CT molecular complexity index is 252. The molecule has 0 amide bonds. The molecule has 2 nitrogen and oxygen atoms in total. The molecule has 0 aliphatic rings. The molecule has 1 aromatic heterocycles. The molecule has 1 aromatic rings. The van der Waals surface area contributed by atoms with E-state index in [0.29, 0.717) is 0 Å². The molecule has 0 saturated heterocycles. The Morgan fingerprint density at radius 2 is 1.64 bits per heavy atom. The predicted octanol–water partition coefficient (Wildman–Crippen LogP) is 2.42. The number of thioether (sulfide) groups is 1. The molecule has 1 heterocycles. The number of rotatable bonds is 1. The maximum Gasteiger partial charge on any atom is 0.187 e. The fraction of sp³-hybridized carbons (Fsp3) is 0.429. The number of nitrogens with zero attached hydrogens (tertiary/aromatic N) is 2. The maximum atomic E-state index is 4.30. The molecule has 0 aliphatic heterocycles. The monoisotopic (exact) mass is 280 g/mol. The highest BCUT2D eigenvalue weighted by Crippen LogP contribution is 2.16. The lowest BCUT2D eigenvalue weighted by Gasteiger charge is -2.02. The molecule has 0 N–H and O–H groups in total. The first-order chi connectivity index (χ1) is 5.15. The van der Waals surface area contributed by atoms with Gasteiger partial charge in [0.05, 0.1) is 15.0 Å². The SMILES string of the molecule is CSc1nc(C)c(I)c(C)n1. The average Bonchev–Trinajstić information content (AvgIpc) is 1.99. The molecule has 0 unspecified atom stereocenters. The van der Waals surface area contributed by atoms with Crippen LogP contribution in [-0.4, -0.2) is 16.2 Å². The van der Waals surface area contributed by atoms with Gasteiger partial charge in [-0.2, -0.15) is 0 Å². The lowest BCUT2D eigenvalue weighted by atomic mass is 10.4. The molecule has 0 saturated carbocycles. The van der Waals surface area contributed by atoms with E-state index in [9.17, 15) is 0 Å². The fourth-order valence-electron chi connectivity index (χ4n) is 0.763. The highest BCUT2D eigenvalue weighted by Gasteiger charge is 2.03. The molecule has 0 spiro atoms. The third kappa shape index (κ3) is 2.05. The van der Waals surface area contributed by atoms with Gasteiger partial charge in [-0.3, -0.25) is 0 Å². The lowest BCUT2D eigenvalue weighted by molar-refractivity contribution is 0.891. The zero-order chi connectivity index (χ0) is 8.43. The van der Waals surface area contributed by atoms with E-state index in [2.05, 4.69) is 32.6 Å². The van der Waals surface area contributed by atoms with Gasteiger partial charge in [-0.05, 0) is 42.7 Å². The highest BCUT2D eigenvalue weighted by atomic mass is 127. The molecule has 1 rings (SSSR count). The van der Waals surface area contributed by atoms with Gasteiger partial charge in [0, 0.05) is 0 Å². The van der Waals surface area contributed by atoms with Crippen LogP contribution in [0.5, 0.6) is 0 Å².